The maximum Gasteiger partial charge on any atom is 0.226 e. The number of nitrogens with one attached hydrogen (secondary N) is 1. The van der Waals surface area contributed by atoms with Crippen molar-refractivity contribution in [2.24, 2.45) is 0 Å². The van der Waals surface area contributed by atoms with Crippen LogP contribution in [0.2, 0.25) is 0 Å². The van der Waals surface area contributed by atoms with Crippen LogP contribution in [0.3, 0.4) is 0 Å². The number of aryl methyl sites for hydroxylation is 1. The number of hydrogen-bond acceptors (Lipinski definition) is 5. The van der Waals surface area contributed by atoms with Crippen LogP contribution in [0.5, 0.6) is 5.75 Å². The number of halogens is 1. The Morgan fingerprint density at radius 2 is 1.94 bits per heavy atom. The Balaban J connectivity index is 1.64. The van der Waals surface area contributed by atoms with Crippen molar-refractivity contribution in [3.05, 3.63) is 106 Å². The normalized spacial score (nSPS) is 19.0. The molecule has 152 valence electrons. The number of aromatic nitrogens is 4. The van der Waals surface area contributed by atoms with Crippen LogP contribution in [-0.4, -0.2) is 19.7 Å². The van der Waals surface area contributed by atoms with E-state index in [0.29, 0.717) is 5.95 Å². The van der Waals surface area contributed by atoms with Gasteiger partial charge in [0.2, 0.25) is 5.95 Å². The Morgan fingerprint density at radius 3 is 2.74 bits per heavy atom. The van der Waals surface area contributed by atoms with Gasteiger partial charge in [-0.25, -0.2) is 4.68 Å². The van der Waals surface area contributed by atoms with Crippen LogP contribution in [0.4, 0.5) is 5.95 Å². The minimum Gasteiger partial charge on any atom is -0.480 e. The van der Waals surface area contributed by atoms with Crippen molar-refractivity contribution in [1.29, 1.82) is 0 Å². The lowest BCUT2D eigenvalue weighted by molar-refractivity contribution is 0.223. The third kappa shape index (κ3) is 2.96. The molecule has 2 aromatic carbocycles. The van der Waals surface area contributed by atoms with Gasteiger partial charge in [-0.1, -0.05) is 45.8 Å². The standard InChI is InChI=1S/C24H18BrN5O/c1-14-4-9-19-18(11-14)21-20(23(31-19)15-5-7-17(25)8-6-15)22(16-3-2-10-26-12-16)30-24(29-21)27-13-28-30/h2-13,22-23H,1H3,(H,27,28,29)/t22-,23+/m1/s1. The molecule has 7 heteroatoms. The van der Waals surface area contributed by atoms with Crippen LogP contribution in [0.25, 0.3) is 5.70 Å². The first-order valence-corrected chi connectivity index (χ1v) is 10.8. The number of pyridine rings is 1. The zero-order chi connectivity index (χ0) is 20.9. The molecule has 2 atom stereocenters. The molecule has 0 fully saturated rings. The van der Waals surface area contributed by atoms with E-state index < -0.39 is 0 Å². The summed E-state index contributed by atoms with van der Waals surface area (Å²) in [7, 11) is 0. The smallest absolute Gasteiger partial charge is 0.226 e. The van der Waals surface area contributed by atoms with Crippen molar-refractivity contribution in [1.82, 2.24) is 19.7 Å². The van der Waals surface area contributed by atoms with Crippen LogP contribution < -0.4 is 10.1 Å². The summed E-state index contributed by atoms with van der Waals surface area (Å²) < 4.78 is 9.57. The quantitative estimate of drug-likeness (QED) is 0.429. The molecule has 31 heavy (non-hydrogen) atoms. The first-order chi connectivity index (χ1) is 15.2. The van der Waals surface area contributed by atoms with Crippen LogP contribution in [0.15, 0.2) is 83.4 Å². The Hall–Kier alpha value is -3.45. The number of ether oxygens (including phenoxy) is 1. The van der Waals surface area contributed by atoms with Crippen molar-refractivity contribution >= 4 is 27.6 Å². The average molecular weight is 472 g/mol. The van der Waals surface area contributed by atoms with Gasteiger partial charge in [-0.05, 0) is 48.4 Å². The minimum atomic E-state index is -0.284. The molecule has 2 aromatic heterocycles. The maximum atomic E-state index is 6.63. The Bertz CT molecular complexity index is 1310. The highest BCUT2D eigenvalue weighted by Gasteiger charge is 2.41. The van der Waals surface area contributed by atoms with Gasteiger partial charge < -0.3 is 10.1 Å². The molecule has 6 rings (SSSR count). The maximum absolute atomic E-state index is 6.63. The van der Waals surface area contributed by atoms with Crippen LogP contribution in [-0.2, 0) is 0 Å². The van der Waals surface area contributed by atoms with E-state index in [2.05, 4.69) is 73.6 Å². The third-order valence-corrected chi connectivity index (χ3v) is 6.27. The highest BCUT2D eigenvalue weighted by Crippen LogP contribution is 2.50. The molecule has 0 aliphatic carbocycles. The zero-order valence-corrected chi connectivity index (χ0v) is 18.2. The first-order valence-electron chi connectivity index (χ1n) is 10.0. The van der Waals surface area contributed by atoms with Crippen molar-refractivity contribution in [3.63, 3.8) is 0 Å². The molecule has 2 aliphatic rings. The molecule has 6 nitrogen and oxygen atoms in total. The molecule has 2 aliphatic heterocycles. The second kappa shape index (κ2) is 7.06. The van der Waals surface area contributed by atoms with E-state index >= 15 is 0 Å². The molecule has 1 N–H and O–H groups in total. The summed E-state index contributed by atoms with van der Waals surface area (Å²) in [5.41, 5.74) is 6.42. The SMILES string of the molecule is Cc1ccc2c(c1)C1=C([C@H](c3ccc(Br)cc3)O2)[C@@H](c2cccnc2)n2ncnc2N1. The summed E-state index contributed by atoms with van der Waals surface area (Å²) in [5, 5.41) is 8.07. The summed E-state index contributed by atoms with van der Waals surface area (Å²) >= 11 is 3.54. The molecule has 0 unspecified atom stereocenters. The van der Waals surface area contributed by atoms with Crippen molar-refractivity contribution in [2.45, 2.75) is 19.1 Å². The van der Waals surface area contributed by atoms with Crippen molar-refractivity contribution in [3.8, 4) is 5.75 Å². The average Bonchev–Trinajstić information content (AvgIpc) is 3.27. The molecule has 0 amide bonds. The molecule has 0 saturated carbocycles. The third-order valence-electron chi connectivity index (χ3n) is 5.74. The second-order valence-corrected chi connectivity index (χ2v) is 8.64. The fourth-order valence-electron chi connectivity index (χ4n) is 4.35. The van der Waals surface area contributed by atoms with E-state index in [1.807, 2.05) is 35.1 Å². The minimum absolute atomic E-state index is 0.190. The van der Waals surface area contributed by atoms with Gasteiger partial charge in [-0.3, -0.25) is 4.98 Å². The summed E-state index contributed by atoms with van der Waals surface area (Å²) in [5.74, 6) is 1.55. The second-order valence-electron chi connectivity index (χ2n) is 7.72. The van der Waals surface area contributed by atoms with Gasteiger partial charge in [-0.2, -0.15) is 10.1 Å². The Kier molecular flexibility index (Phi) is 4.17. The molecular weight excluding hydrogens is 454 g/mol. The predicted octanol–water partition coefficient (Wildman–Crippen LogP) is 5.30. The molecule has 4 heterocycles. The molecule has 4 aromatic rings. The molecule has 0 saturated heterocycles. The number of hydrogen-bond donors (Lipinski definition) is 1. The lowest BCUT2D eigenvalue weighted by Crippen LogP contribution is -2.32. The lowest BCUT2D eigenvalue weighted by Gasteiger charge is -2.39. The van der Waals surface area contributed by atoms with Gasteiger partial charge in [0.15, 0.2) is 0 Å². The fraction of sp³-hybridized carbons (Fsp3) is 0.125. The number of fused-ring (bicyclic) bond motifs is 3. The highest BCUT2D eigenvalue weighted by atomic mass is 79.9. The van der Waals surface area contributed by atoms with E-state index in [9.17, 15) is 0 Å². The van der Waals surface area contributed by atoms with Gasteiger partial charge in [0, 0.05) is 28.0 Å². The van der Waals surface area contributed by atoms with E-state index in [4.69, 9.17) is 4.74 Å². The lowest BCUT2D eigenvalue weighted by atomic mass is 9.85. The highest BCUT2D eigenvalue weighted by molar-refractivity contribution is 9.10. The van der Waals surface area contributed by atoms with Crippen LogP contribution >= 0.6 is 15.9 Å². The number of rotatable bonds is 2. The summed E-state index contributed by atoms with van der Waals surface area (Å²) in [4.78, 5) is 8.84. The van der Waals surface area contributed by atoms with Gasteiger partial charge in [0.05, 0.1) is 5.70 Å². The summed E-state index contributed by atoms with van der Waals surface area (Å²) in [6, 6.07) is 18.4. The van der Waals surface area contributed by atoms with E-state index in [1.54, 1.807) is 12.5 Å². The Labute approximate surface area is 187 Å². The van der Waals surface area contributed by atoms with Crippen molar-refractivity contribution in [2.75, 3.05) is 5.32 Å². The number of anilines is 1. The Morgan fingerprint density at radius 1 is 1.06 bits per heavy atom. The molecular formula is C24H18BrN5O. The molecule has 0 bridgehead atoms. The number of nitrogens with zero attached hydrogens (tertiary/aromatic N) is 4. The summed E-state index contributed by atoms with van der Waals surface area (Å²) in [6.45, 7) is 2.09. The molecule has 0 spiro atoms. The fourth-order valence-corrected chi connectivity index (χ4v) is 4.62. The van der Waals surface area contributed by atoms with E-state index in [0.717, 1.165) is 38.2 Å². The van der Waals surface area contributed by atoms with Gasteiger partial charge in [0.1, 0.15) is 24.2 Å². The molecule has 0 radical (unpaired) electrons. The topological polar surface area (TPSA) is 64.9 Å². The van der Waals surface area contributed by atoms with E-state index in [1.165, 1.54) is 5.56 Å². The summed E-state index contributed by atoms with van der Waals surface area (Å²) in [6.07, 6.45) is 4.96. The van der Waals surface area contributed by atoms with Gasteiger partial charge >= 0.3 is 0 Å². The van der Waals surface area contributed by atoms with Crippen LogP contribution in [0, 0.1) is 6.92 Å². The zero-order valence-electron chi connectivity index (χ0n) is 16.7. The van der Waals surface area contributed by atoms with Crippen LogP contribution in [0.1, 0.15) is 34.4 Å². The monoisotopic (exact) mass is 471 g/mol. The van der Waals surface area contributed by atoms with Gasteiger partial charge in [0.25, 0.3) is 0 Å². The largest absolute Gasteiger partial charge is 0.480 e. The first kappa shape index (κ1) is 18.3. The predicted molar refractivity (Wildman–Crippen MR) is 122 cm³/mol. The van der Waals surface area contributed by atoms with Crippen molar-refractivity contribution < 1.29 is 4.74 Å². The van der Waals surface area contributed by atoms with Gasteiger partial charge in [-0.15, -0.1) is 0 Å². The van der Waals surface area contributed by atoms with E-state index in [-0.39, 0.29) is 12.1 Å². The number of benzene rings is 2.